The van der Waals surface area contributed by atoms with Gasteiger partial charge in [-0.05, 0) is 46.6 Å². The molecule has 0 spiro atoms. The summed E-state index contributed by atoms with van der Waals surface area (Å²) in [7, 11) is 0. The van der Waals surface area contributed by atoms with E-state index in [1.54, 1.807) is 18.3 Å². The Labute approximate surface area is 117 Å². The third kappa shape index (κ3) is 2.91. The van der Waals surface area contributed by atoms with E-state index in [2.05, 4.69) is 20.9 Å². The first-order chi connectivity index (χ1) is 8.58. The fourth-order valence-corrected chi connectivity index (χ4v) is 2.66. The van der Waals surface area contributed by atoms with Crippen LogP contribution in [0.4, 0.5) is 0 Å². The van der Waals surface area contributed by atoms with Crippen LogP contribution in [0.2, 0.25) is 0 Å². The molecule has 0 aliphatic heterocycles. The van der Waals surface area contributed by atoms with Gasteiger partial charge in [-0.2, -0.15) is 0 Å². The molecule has 1 aromatic carbocycles. The maximum Gasteiger partial charge on any atom is 0.336 e. The minimum Gasteiger partial charge on any atom is -0.478 e. The number of carboxylic acid groups (broad SMARTS) is 1. The molecule has 1 N–H and O–H groups in total. The van der Waals surface area contributed by atoms with Gasteiger partial charge in [0.05, 0.1) is 5.56 Å². The van der Waals surface area contributed by atoms with Crippen molar-refractivity contribution in [2.45, 2.75) is 16.8 Å². The van der Waals surface area contributed by atoms with Gasteiger partial charge in [0.15, 0.2) is 0 Å². The van der Waals surface area contributed by atoms with E-state index in [0.717, 1.165) is 20.0 Å². The lowest BCUT2D eigenvalue weighted by Gasteiger charge is -2.08. The molecule has 0 atom stereocenters. The first kappa shape index (κ1) is 13.1. The molecule has 0 amide bonds. The number of nitrogens with zero attached hydrogens (tertiary/aromatic N) is 1. The first-order valence-corrected chi connectivity index (χ1v) is 6.81. The topological polar surface area (TPSA) is 50.2 Å². The Balaban J connectivity index is 2.39. The van der Waals surface area contributed by atoms with Crippen molar-refractivity contribution in [3.8, 4) is 0 Å². The number of benzene rings is 1. The summed E-state index contributed by atoms with van der Waals surface area (Å²) in [6.45, 7) is 1.90. The lowest BCUT2D eigenvalue weighted by Crippen LogP contribution is -2.00. The van der Waals surface area contributed by atoms with Gasteiger partial charge in [-0.1, -0.05) is 23.9 Å². The Morgan fingerprint density at radius 1 is 1.33 bits per heavy atom. The molecular weight excluding hydrogens is 314 g/mol. The number of halogens is 1. The minimum atomic E-state index is -0.918. The molecule has 0 aliphatic rings. The molecule has 0 unspecified atom stereocenters. The Hall–Kier alpha value is -1.33. The second-order valence-corrected chi connectivity index (χ2v) is 5.62. The van der Waals surface area contributed by atoms with Crippen LogP contribution in [0.1, 0.15) is 15.9 Å². The van der Waals surface area contributed by atoms with Gasteiger partial charge in [0.2, 0.25) is 0 Å². The van der Waals surface area contributed by atoms with Crippen molar-refractivity contribution in [3.63, 3.8) is 0 Å². The Bertz CT molecular complexity index is 584. The SMILES string of the molecule is Cc1cccc(C(=O)O)c1Sc1ccc(Br)cn1. The zero-order chi connectivity index (χ0) is 13.1. The van der Waals surface area contributed by atoms with Crippen LogP contribution >= 0.6 is 27.7 Å². The van der Waals surface area contributed by atoms with E-state index in [0.29, 0.717) is 5.56 Å². The van der Waals surface area contributed by atoms with Crippen LogP contribution in [0.25, 0.3) is 0 Å². The standard InChI is InChI=1S/C13H10BrNO2S/c1-8-3-2-4-10(13(16)17)12(8)18-11-6-5-9(14)7-15-11/h2-7H,1H3,(H,16,17). The van der Waals surface area contributed by atoms with Gasteiger partial charge >= 0.3 is 5.97 Å². The second-order valence-electron chi connectivity index (χ2n) is 3.67. The van der Waals surface area contributed by atoms with Gasteiger partial charge < -0.3 is 5.11 Å². The third-order valence-electron chi connectivity index (χ3n) is 2.35. The van der Waals surface area contributed by atoms with Gasteiger partial charge in [-0.25, -0.2) is 9.78 Å². The molecule has 1 aromatic heterocycles. The number of hydrogen-bond acceptors (Lipinski definition) is 3. The maximum absolute atomic E-state index is 11.2. The molecule has 2 aromatic rings. The largest absolute Gasteiger partial charge is 0.478 e. The van der Waals surface area contributed by atoms with E-state index >= 15 is 0 Å². The first-order valence-electron chi connectivity index (χ1n) is 5.20. The van der Waals surface area contributed by atoms with Crippen LogP contribution in [-0.2, 0) is 0 Å². The van der Waals surface area contributed by atoms with Gasteiger partial charge in [-0.3, -0.25) is 0 Å². The van der Waals surface area contributed by atoms with Gasteiger partial charge in [0.1, 0.15) is 5.03 Å². The molecule has 0 aliphatic carbocycles. The Morgan fingerprint density at radius 2 is 2.11 bits per heavy atom. The van der Waals surface area contributed by atoms with Crippen LogP contribution in [0.3, 0.4) is 0 Å². The van der Waals surface area contributed by atoms with Gasteiger partial charge in [-0.15, -0.1) is 0 Å². The molecule has 0 fully saturated rings. The van der Waals surface area contributed by atoms with Crippen LogP contribution in [0, 0.1) is 6.92 Å². The van der Waals surface area contributed by atoms with Crippen LogP contribution in [-0.4, -0.2) is 16.1 Å². The number of aromatic nitrogens is 1. The van der Waals surface area contributed by atoms with E-state index in [9.17, 15) is 9.90 Å². The van der Waals surface area contributed by atoms with E-state index in [4.69, 9.17) is 0 Å². The monoisotopic (exact) mass is 323 g/mol. The number of carbonyl (C=O) groups is 1. The quantitative estimate of drug-likeness (QED) is 0.927. The highest BCUT2D eigenvalue weighted by Gasteiger charge is 2.13. The van der Waals surface area contributed by atoms with Crippen LogP contribution in [0.5, 0.6) is 0 Å². The molecule has 0 bridgehead atoms. The lowest BCUT2D eigenvalue weighted by molar-refractivity contribution is 0.0693. The van der Waals surface area contributed by atoms with Crippen molar-refractivity contribution in [2.24, 2.45) is 0 Å². The molecule has 92 valence electrons. The zero-order valence-corrected chi connectivity index (χ0v) is 12.0. The summed E-state index contributed by atoms with van der Waals surface area (Å²) in [5.41, 5.74) is 1.24. The fourth-order valence-electron chi connectivity index (χ4n) is 1.48. The summed E-state index contributed by atoms with van der Waals surface area (Å²) >= 11 is 4.68. The van der Waals surface area contributed by atoms with E-state index in [1.165, 1.54) is 11.8 Å². The molecule has 0 saturated heterocycles. The van der Waals surface area contributed by atoms with Crippen LogP contribution in [0.15, 0.2) is 50.9 Å². The average Bonchev–Trinajstić information content (AvgIpc) is 2.34. The van der Waals surface area contributed by atoms with E-state index < -0.39 is 5.97 Å². The summed E-state index contributed by atoms with van der Waals surface area (Å²) in [4.78, 5) is 16.2. The maximum atomic E-state index is 11.2. The Kier molecular flexibility index (Phi) is 4.04. The number of aromatic carboxylic acids is 1. The van der Waals surface area contributed by atoms with Crippen LogP contribution < -0.4 is 0 Å². The predicted octanol–water partition coefficient (Wildman–Crippen LogP) is 4.00. The second kappa shape index (κ2) is 5.54. The molecule has 2 rings (SSSR count). The fraction of sp³-hybridized carbons (Fsp3) is 0.0769. The number of pyridine rings is 1. The Morgan fingerprint density at radius 3 is 2.72 bits per heavy atom. The normalized spacial score (nSPS) is 10.3. The third-order valence-corrected chi connectivity index (χ3v) is 4.01. The molecule has 18 heavy (non-hydrogen) atoms. The summed E-state index contributed by atoms with van der Waals surface area (Å²) in [6, 6.07) is 8.99. The van der Waals surface area contributed by atoms with Crippen molar-refractivity contribution < 1.29 is 9.90 Å². The molecule has 1 heterocycles. The highest BCUT2D eigenvalue weighted by molar-refractivity contribution is 9.10. The van der Waals surface area contributed by atoms with E-state index in [-0.39, 0.29) is 0 Å². The molecular formula is C13H10BrNO2S. The van der Waals surface area contributed by atoms with E-state index in [1.807, 2.05) is 25.1 Å². The summed E-state index contributed by atoms with van der Waals surface area (Å²) in [5.74, 6) is -0.918. The summed E-state index contributed by atoms with van der Waals surface area (Å²) in [6.07, 6.45) is 1.70. The zero-order valence-electron chi connectivity index (χ0n) is 9.55. The minimum absolute atomic E-state index is 0.310. The summed E-state index contributed by atoms with van der Waals surface area (Å²) < 4.78 is 0.898. The smallest absolute Gasteiger partial charge is 0.336 e. The van der Waals surface area contributed by atoms with Crippen molar-refractivity contribution in [2.75, 3.05) is 0 Å². The number of hydrogen-bond donors (Lipinski definition) is 1. The highest BCUT2D eigenvalue weighted by Crippen LogP contribution is 2.32. The van der Waals surface area contributed by atoms with Gasteiger partial charge in [0.25, 0.3) is 0 Å². The van der Waals surface area contributed by atoms with Crippen molar-refractivity contribution in [1.29, 1.82) is 0 Å². The molecule has 3 nitrogen and oxygen atoms in total. The highest BCUT2D eigenvalue weighted by atomic mass is 79.9. The molecule has 5 heteroatoms. The van der Waals surface area contributed by atoms with Gasteiger partial charge in [0, 0.05) is 15.6 Å². The number of aryl methyl sites for hydroxylation is 1. The summed E-state index contributed by atoms with van der Waals surface area (Å²) in [5, 5.41) is 9.94. The predicted molar refractivity (Wildman–Crippen MR) is 74.2 cm³/mol. The molecule has 0 saturated carbocycles. The average molecular weight is 324 g/mol. The molecule has 0 radical (unpaired) electrons. The van der Waals surface area contributed by atoms with Crippen molar-refractivity contribution in [3.05, 3.63) is 52.1 Å². The number of rotatable bonds is 3. The number of carboxylic acids is 1. The van der Waals surface area contributed by atoms with Crippen molar-refractivity contribution in [1.82, 2.24) is 4.98 Å². The van der Waals surface area contributed by atoms with Crippen molar-refractivity contribution >= 4 is 33.7 Å². The lowest BCUT2D eigenvalue weighted by atomic mass is 10.1.